The highest BCUT2D eigenvalue weighted by molar-refractivity contribution is 6.40. The molecule has 0 aliphatic carbocycles. The number of hydrogen-bond acceptors (Lipinski definition) is 2. The van der Waals surface area contributed by atoms with E-state index in [9.17, 15) is 0 Å². The lowest BCUT2D eigenvalue weighted by atomic mass is 10.3. The highest BCUT2D eigenvalue weighted by Gasteiger charge is 2.11. The lowest BCUT2D eigenvalue weighted by molar-refractivity contribution is -0.0179. The monoisotopic (exact) mass is 253 g/mol. The highest BCUT2D eigenvalue weighted by Crippen LogP contribution is 2.36. The van der Waals surface area contributed by atoms with E-state index >= 15 is 0 Å². The van der Waals surface area contributed by atoms with Crippen molar-refractivity contribution >= 4 is 34.8 Å². The fourth-order valence-corrected chi connectivity index (χ4v) is 1.73. The second kappa shape index (κ2) is 5.08. The van der Waals surface area contributed by atoms with Gasteiger partial charge in [0, 0.05) is 19.1 Å². The summed E-state index contributed by atoms with van der Waals surface area (Å²) in [5.41, 5.74) is 0. The van der Waals surface area contributed by atoms with Gasteiger partial charge in [0.05, 0.1) is 10.0 Å². The van der Waals surface area contributed by atoms with Crippen LogP contribution in [0.25, 0.3) is 0 Å². The molecule has 0 spiro atoms. The first-order valence-electron chi connectivity index (χ1n) is 3.71. The van der Waals surface area contributed by atoms with Gasteiger partial charge >= 0.3 is 0 Å². The van der Waals surface area contributed by atoms with Gasteiger partial charge in [-0.3, -0.25) is 0 Å². The minimum atomic E-state index is -0.661. The summed E-state index contributed by atoms with van der Waals surface area (Å²) >= 11 is 17.4. The molecule has 77 valence electrons. The van der Waals surface area contributed by atoms with E-state index in [4.69, 9.17) is 44.3 Å². The standard InChI is InChI=1S/C9H8Cl3O2/c1-5(13-2)14-9-7(11)3-6(10)4-8(9)12/h3-5H,1H2,2H3. The molecule has 1 unspecified atom stereocenters. The van der Waals surface area contributed by atoms with Crippen LogP contribution in [-0.4, -0.2) is 13.4 Å². The summed E-state index contributed by atoms with van der Waals surface area (Å²) in [4.78, 5) is 0. The van der Waals surface area contributed by atoms with Crippen molar-refractivity contribution in [1.29, 1.82) is 0 Å². The van der Waals surface area contributed by atoms with E-state index in [1.807, 2.05) is 0 Å². The molecular formula is C9H8Cl3O2. The van der Waals surface area contributed by atoms with Gasteiger partial charge in [0.2, 0.25) is 0 Å². The second-order valence-corrected chi connectivity index (χ2v) is 3.73. The summed E-state index contributed by atoms with van der Waals surface area (Å²) in [7, 11) is 1.47. The normalized spacial score (nSPS) is 12.6. The predicted octanol–water partition coefficient (Wildman–Crippen LogP) is 3.83. The van der Waals surface area contributed by atoms with E-state index in [1.54, 1.807) is 0 Å². The van der Waals surface area contributed by atoms with Crippen LogP contribution in [0.15, 0.2) is 12.1 Å². The Bertz CT molecular complexity index is 305. The fourth-order valence-electron chi connectivity index (χ4n) is 0.821. The molecule has 1 atom stereocenters. The van der Waals surface area contributed by atoms with Crippen LogP contribution in [0.1, 0.15) is 0 Å². The Morgan fingerprint density at radius 2 is 1.71 bits per heavy atom. The van der Waals surface area contributed by atoms with Gasteiger partial charge in [-0.1, -0.05) is 34.8 Å². The number of halogens is 3. The van der Waals surface area contributed by atoms with Crippen molar-refractivity contribution in [2.75, 3.05) is 7.11 Å². The van der Waals surface area contributed by atoms with Crippen LogP contribution in [-0.2, 0) is 4.74 Å². The Kier molecular flexibility index (Phi) is 4.32. The van der Waals surface area contributed by atoms with Crippen LogP contribution in [0.2, 0.25) is 15.1 Å². The van der Waals surface area contributed by atoms with Crippen LogP contribution in [0, 0.1) is 6.92 Å². The molecule has 2 nitrogen and oxygen atoms in total. The van der Waals surface area contributed by atoms with E-state index in [-0.39, 0.29) is 0 Å². The van der Waals surface area contributed by atoms with Crippen LogP contribution in [0.5, 0.6) is 5.75 Å². The average molecular weight is 255 g/mol. The maximum atomic E-state index is 5.86. The van der Waals surface area contributed by atoms with Crippen molar-refractivity contribution in [1.82, 2.24) is 0 Å². The summed E-state index contributed by atoms with van der Waals surface area (Å²) in [5.74, 6) is 0.319. The first-order valence-corrected chi connectivity index (χ1v) is 4.85. The first kappa shape index (κ1) is 11.9. The molecule has 1 aromatic carbocycles. The van der Waals surface area contributed by atoms with Gasteiger partial charge in [-0.15, -0.1) is 0 Å². The Labute approximate surface area is 97.7 Å². The Hall–Kier alpha value is -0.150. The smallest absolute Gasteiger partial charge is 0.199 e. The lowest BCUT2D eigenvalue weighted by Crippen LogP contribution is -2.14. The van der Waals surface area contributed by atoms with Gasteiger partial charge in [0.25, 0.3) is 0 Å². The number of hydrogen-bond donors (Lipinski definition) is 0. The van der Waals surface area contributed by atoms with Crippen LogP contribution in [0.3, 0.4) is 0 Å². The first-order chi connectivity index (χ1) is 6.54. The third-order valence-electron chi connectivity index (χ3n) is 1.48. The van der Waals surface area contributed by atoms with Crippen molar-refractivity contribution in [3.63, 3.8) is 0 Å². The molecular weight excluding hydrogens is 246 g/mol. The molecule has 0 saturated heterocycles. The van der Waals surface area contributed by atoms with Gasteiger partial charge in [-0.2, -0.15) is 0 Å². The van der Waals surface area contributed by atoms with Crippen molar-refractivity contribution in [3.05, 3.63) is 34.1 Å². The minimum Gasteiger partial charge on any atom is -0.462 e. The molecule has 0 aliphatic heterocycles. The van der Waals surface area contributed by atoms with Crippen molar-refractivity contribution < 1.29 is 9.47 Å². The number of benzene rings is 1. The Morgan fingerprint density at radius 3 is 2.14 bits per heavy atom. The molecule has 5 heteroatoms. The van der Waals surface area contributed by atoms with E-state index in [0.29, 0.717) is 20.8 Å². The molecule has 0 aliphatic rings. The van der Waals surface area contributed by atoms with Crippen LogP contribution in [0.4, 0.5) is 0 Å². The third kappa shape index (κ3) is 2.92. The quantitative estimate of drug-likeness (QED) is 0.763. The summed E-state index contributed by atoms with van der Waals surface area (Å²) in [5, 5.41) is 1.10. The zero-order chi connectivity index (χ0) is 10.7. The molecule has 0 amide bonds. The highest BCUT2D eigenvalue weighted by atomic mass is 35.5. The zero-order valence-electron chi connectivity index (χ0n) is 7.39. The SMILES string of the molecule is [CH2]C(OC)Oc1c(Cl)cc(Cl)cc1Cl. The van der Waals surface area contributed by atoms with Crippen LogP contribution < -0.4 is 4.74 Å². The average Bonchev–Trinajstić information content (AvgIpc) is 2.10. The van der Waals surface area contributed by atoms with Crippen molar-refractivity contribution in [3.8, 4) is 5.75 Å². The minimum absolute atomic E-state index is 0.319. The molecule has 0 saturated carbocycles. The third-order valence-corrected chi connectivity index (χ3v) is 2.25. The largest absolute Gasteiger partial charge is 0.462 e. The van der Waals surface area contributed by atoms with Gasteiger partial charge in [0.15, 0.2) is 12.0 Å². The van der Waals surface area contributed by atoms with E-state index in [0.717, 1.165) is 0 Å². The molecule has 0 fully saturated rings. The van der Waals surface area contributed by atoms with E-state index in [1.165, 1.54) is 19.2 Å². The van der Waals surface area contributed by atoms with Crippen LogP contribution >= 0.6 is 34.8 Å². The number of ether oxygens (including phenoxy) is 2. The summed E-state index contributed by atoms with van der Waals surface area (Å²) in [6.07, 6.45) is -0.661. The van der Waals surface area contributed by atoms with E-state index in [2.05, 4.69) is 6.92 Å². The Balaban J connectivity index is 2.96. The van der Waals surface area contributed by atoms with Crippen molar-refractivity contribution in [2.24, 2.45) is 0 Å². The molecule has 14 heavy (non-hydrogen) atoms. The topological polar surface area (TPSA) is 18.5 Å². The molecule has 0 aromatic heterocycles. The molecule has 0 bridgehead atoms. The maximum Gasteiger partial charge on any atom is 0.199 e. The molecule has 1 radical (unpaired) electrons. The molecule has 1 rings (SSSR count). The summed E-state index contributed by atoms with van der Waals surface area (Å²) in [6.45, 7) is 3.56. The lowest BCUT2D eigenvalue weighted by Gasteiger charge is -2.15. The van der Waals surface area contributed by atoms with Gasteiger partial charge in [-0.05, 0) is 12.1 Å². The number of methoxy groups -OCH3 is 1. The fraction of sp³-hybridized carbons (Fsp3) is 0.222. The molecule has 0 heterocycles. The van der Waals surface area contributed by atoms with E-state index < -0.39 is 6.29 Å². The maximum absolute atomic E-state index is 5.86. The molecule has 1 aromatic rings. The molecule has 0 N–H and O–H groups in total. The Morgan fingerprint density at radius 1 is 1.21 bits per heavy atom. The predicted molar refractivity (Wildman–Crippen MR) is 58.3 cm³/mol. The zero-order valence-corrected chi connectivity index (χ0v) is 9.66. The van der Waals surface area contributed by atoms with Gasteiger partial charge < -0.3 is 9.47 Å². The number of rotatable bonds is 3. The van der Waals surface area contributed by atoms with Gasteiger partial charge in [0.1, 0.15) is 0 Å². The second-order valence-electron chi connectivity index (χ2n) is 2.48. The van der Waals surface area contributed by atoms with Gasteiger partial charge in [-0.25, -0.2) is 0 Å². The summed E-state index contributed by atoms with van der Waals surface area (Å²) < 4.78 is 10.0. The summed E-state index contributed by atoms with van der Waals surface area (Å²) in [6, 6.07) is 3.07. The van der Waals surface area contributed by atoms with Crippen molar-refractivity contribution in [2.45, 2.75) is 6.29 Å².